The second kappa shape index (κ2) is 6.16. The van der Waals surface area contributed by atoms with Gasteiger partial charge in [0.25, 0.3) is 0 Å². The maximum absolute atomic E-state index is 5.97. The summed E-state index contributed by atoms with van der Waals surface area (Å²) < 4.78 is 11.6. The molecule has 1 unspecified atom stereocenters. The van der Waals surface area contributed by atoms with Gasteiger partial charge in [-0.2, -0.15) is 0 Å². The molecule has 2 aromatic carbocycles. The highest BCUT2D eigenvalue weighted by Gasteiger charge is 2.19. The van der Waals surface area contributed by atoms with Crippen molar-refractivity contribution in [2.45, 2.75) is 12.7 Å². The first-order valence-electron chi connectivity index (χ1n) is 6.63. The van der Waals surface area contributed by atoms with Crippen molar-refractivity contribution in [3.05, 3.63) is 59.1 Å². The van der Waals surface area contributed by atoms with E-state index >= 15 is 0 Å². The van der Waals surface area contributed by atoms with Crippen molar-refractivity contribution in [3.63, 3.8) is 0 Å². The summed E-state index contributed by atoms with van der Waals surface area (Å²) in [6.07, 6.45) is 0.00433. The summed E-state index contributed by atoms with van der Waals surface area (Å²) in [5, 5.41) is 4.00. The summed E-state index contributed by atoms with van der Waals surface area (Å²) in [4.78, 5) is 0. The molecule has 1 N–H and O–H groups in total. The van der Waals surface area contributed by atoms with Crippen LogP contribution in [0.5, 0.6) is 5.75 Å². The van der Waals surface area contributed by atoms with Gasteiger partial charge in [-0.25, -0.2) is 0 Å². The summed E-state index contributed by atoms with van der Waals surface area (Å²) in [5.41, 5.74) is 2.15. The molecule has 0 aromatic heterocycles. The zero-order valence-corrected chi connectivity index (χ0v) is 11.8. The summed E-state index contributed by atoms with van der Waals surface area (Å²) in [7, 11) is 0. The lowest BCUT2D eigenvalue weighted by Crippen LogP contribution is -2.34. The highest BCUT2D eigenvalue weighted by atomic mass is 35.5. The van der Waals surface area contributed by atoms with Crippen molar-refractivity contribution in [1.29, 1.82) is 0 Å². The molecule has 104 valence electrons. The van der Waals surface area contributed by atoms with Gasteiger partial charge in [-0.05, 0) is 17.7 Å². The molecular weight excluding hydrogens is 274 g/mol. The molecule has 0 saturated carbocycles. The van der Waals surface area contributed by atoms with E-state index in [2.05, 4.69) is 17.4 Å². The minimum Gasteiger partial charge on any atom is -0.484 e. The Balaban J connectivity index is 1.53. The van der Waals surface area contributed by atoms with Gasteiger partial charge in [-0.1, -0.05) is 41.9 Å². The smallest absolute Gasteiger partial charge is 0.144 e. The second-order valence-corrected chi connectivity index (χ2v) is 5.20. The molecular formula is C16H16ClNO2. The molecule has 1 aliphatic rings. The number of rotatable bonds is 4. The van der Waals surface area contributed by atoms with Crippen molar-refractivity contribution in [3.8, 4) is 5.75 Å². The van der Waals surface area contributed by atoms with Crippen molar-refractivity contribution >= 4 is 17.3 Å². The van der Waals surface area contributed by atoms with Gasteiger partial charge in [0, 0.05) is 11.1 Å². The van der Waals surface area contributed by atoms with Crippen LogP contribution in [0.3, 0.4) is 0 Å². The molecule has 2 aromatic rings. The summed E-state index contributed by atoms with van der Waals surface area (Å²) >= 11 is 5.97. The Morgan fingerprint density at radius 2 is 2.05 bits per heavy atom. The normalized spacial score (nSPS) is 16.9. The first-order valence-corrected chi connectivity index (χ1v) is 7.01. The van der Waals surface area contributed by atoms with E-state index in [4.69, 9.17) is 21.1 Å². The average molecular weight is 290 g/mol. The Kier molecular flexibility index (Phi) is 4.09. The topological polar surface area (TPSA) is 30.5 Å². The molecule has 1 heterocycles. The largest absolute Gasteiger partial charge is 0.484 e. The first kappa shape index (κ1) is 13.3. The van der Waals surface area contributed by atoms with E-state index in [1.165, 1.54) is 5.56 Å². The van der Waals surface area contributed by atoms with Gasteiger partial charge in [0.05, 0.1) is 25.4 Å². The van der Waals surface area contributed by atoms with Gasteiger partial charge < -0.3 is 14.8 Å². The van der Waals surface area contributed by atoms with Gasteiger partial charge in [-0.3, -0.25) is 0 Å². The summed E-state index contributed by atoms with van der Waals surface area (Å²) in [5.74, 6) is 0.789. The van der Waals surface area contributed by atoms with E-state index in [1.807, 2.05) is 36.4 Å². The molecule has 1 atom stereocenters. The third-order valence-corrected chi connectivity index (χ3v) is 3.41. The van der Waals surface area contributed by atoms with E-state index in [-0.39, 0.29) is 6.10 Å². The predicted octanol–water partition coefficient (Wildman–Crippen LogP) is 3.73. The number of halogens is 1. The molecule has 0 amide bonds. The average Bonchev–Trinajstić information content (AvgIpc) is 2.48. The molecule has 0 aliphatic carbocycles. The molecule has 3 rings (SSSR count). The van der Waals surface area contributed by atoms with Gasteiger partial charge in [0.1, 0.15) is 11.9 Å². The molecule has 0 saturated heterocycles. The molecule has 0 fully saturated rings. The SMILES string of the molecule is Clc1ccc2c(c1)OC(COCc1ccccc1)CN2. The van der Waals surface area contributed by atoms with Crippen LogP contribution in [0.25, 0.3) is 0 Å². The number of hydrogen-bond acceptors (Lipinski definition) is 3. The molecule has 4 heteroatoms. The van der Waals surface area contributed by atoms with E-state index in [0.717, 1.165) is 18.0 Å². The van der Waals surface area contributed by atoms with E-state index in [9.17, 15) is 0 Å². The molecule has 0 spiro atoms. The van der Waals surface area contributed by atoms with Crippen LogP contribution in [0.4, 0.5) is 5.69 Å². The van der Waals surface area contributed by atoms with Crippen LogP contribution >= 0.6 is 11.6 Å². The first-order chi connectivity index (χ1) is 9.81. The maximum atomic E-state index is 5.97. The highest BCUT2D eigenvalue weighted by molar-refractivity contribution is 6.30. The van der Waals surface area contributed by atoms with E-state index in [1.54, 1.807) is 0 Å². The number of fused-ring (bicyclic) bond motifs is 1. The molecule has 0 radical (unpaired) electrons. The fraction of sp³-hybridized carbons (Fsp3) is 0.250. The monoisotopic (exact) mass is 289 g/mol. The van der Waals surface area contributed by atoms with Crippen LogP contribution < -0.4 is 10.1 Å². The second-order valence-electron chi connectivity index (χ2n) is 4.76. The minimum atomic E-state index is 0.00433. The quantitative estimate of drug-likeness (QED) is 0.930. The molecule has 0 bridgehead atoms. The number of anilines is 1. The third-order valence-electron chi connectivity index (χ3n) is 3.17. The highest BCUT2D eigenvalue weighted by Crippen LogP contribution is 2.31. The van der Waals surface area contributed by atoms with Crippen LogP contribution in [-0.2, 0) is 11.3 Å². The summed E-state index contributed by atoms with van der Waals surface area (Å²) in [6.45, 7) is 1.89. The van der Waals surface area contributed by atoms with Gasteiger partial charge in [0.15, 0.2) is 0 Å². The fourth-order valence-electron chi connectivity index (χ4n) is 2.16. The lowest BCUT2D eigenvalue weighted by Gasteiger charge is -2.27. The van der Waals surface area contributed by atoms with Crippen LogP contribution in [0.15, 0.2) is 48.5 Å². The van der Waals surface area contributed by atoms with Gasteiger partial charge >= 0.3 is 0 Å². The molecule has 20 heavy (non-hydrogen) atoms. The predicted molar refractivity (Wildman–Crippen MR) is 80.5 cm³/mol. The zero-order chi connectivity index (χ0) is 13.8. The molecule has 3 nitrogen and oxygen atoms in total. The Morgan fingerprint density at radius 1 is 1.20 bits per heavy atom. The van der Waals surface area contributed by atoms with Crippen molar-refractivity contribution in [2.75, 3.05) is 18.5 Å². The number of nitrogens with one attached hydrogen (secondary N) is 1. The molecule has 1 aliphatic heterocycles. The van der Waals surface area contributed by atoms with Crippen LogP contribution in [0, 0.1) is 0 Å². The standard InChI is InChI=1S/C16H16ClNO2/c17-13-6-7-15-16(8-13)20-14(9-18-15)11-19-10-12-4-2-1-3-5-12/h1-8,14,18H,9-11H2. The Hall–Kier alpha value is -1.71. The third kappa shape index (κ3) is 3.24. The van der Waals surface area contributed by atoms with Crippen molar-refractivity contribution in [2.24, 2.45) is 0 Å². The number of ether oxygens (including phenoxy) is 2. The van der Waals surface area contributed by atoms with Crippen molar-refractivity contribution in [1.82, 2.24) is 0 Å². The van der Waals surface area contributed by atoms with Gasteiger partial charge in [0.2, 0.25) is 0 Å². The van der Waals surface area contributed by atoms with Crippen molar-refractivity contribution < 1.29 is 9.47 Å². The summed E-state index contributed by atoms with van der Waals surface area (Å²) in [6, 6.07) is 15.7. The number of benzene rings is 2. The Bertz CT molecular complexity index is 574. The lowest BCUT2D eigenvalue weighted by atomic mass is 10.2. The Morgan fingerprint density at radius 3 is 2.90 bits per heavy atom. The van der Waals surface area contributed by atoms with E-state index in [0.29, 0.717) is 18.2 Å². The number of hydrogen-bond donors (Lipinski definition) is 1. The van der Waals surface area contributed by atoms with Crippen LogP contribution in [-0.4, -0.2) is 19.3 Å². The Labute approximate surface area is 123 Å². The zero-order valence-electron chi connectivity index (χ0n) is 11.0. The minimum absolute atomic E-state index is 0.00433. The fourth-order valence-corrected chi connectivity index (χ4v) is 2.32. The van der Waals surface area contributed by atoms with Crippen LogP contribution in [0.2, 0.25) is 5.02 Å². The lowest BCUT2D eigenvalue weighted by molar-refractivity contribution is 0.0442. The maximum Gasteiger partial charge on any atom is 0.144 e. The van der Waals surface area contributed by atoms with E-state index < -0.39 is 0 Å². The van der Waals surface area contributed by atoms with Crippen LogP contribution in [0.1, 0.15) is 5.56 Å². The van der Waals surface area contributed by atoms with Gasteiger partial charge in [-0.15, -0.1) is 0 Å².